The summed E-state index contributed by atoms with van der Waals surface area (Å²) in [5.41, 5.74) is 1.54. The Balaban J connectivity index is 0.00000136. The first-order valence-corrected chi connectivity index (χ1v) is 9.12. The Labute approximate surface area is 168 Å². The summed E-state index contributed by atoms with van der Waals surface area (Å²) in [6, 6.07) is 10.2. The van der Waals surface area contributed by atoms with E-state index in [1.807, 2.05) is 13.8 Å². The number of rotatable bonds is 5. The minimum atomic E-state index is -0.536. The van der Waals surface area contributed by atoms with Crippen molar-refractivity contribution in [2.45, 2.75) is 20.4 Å². The third-order valence-corrected chi connectivity index (χ3v) is 4.20. The Morgan fingerprint density at radius 3 is 2.61 bits per heavy atom. The van der Waals surface area contributed by atoms with Crippen LogP contribution < -0.4 is 4.74 Å². The second kappa shape index (κ2) is 9.90. The number of aromatic nitrogens is 2. The number of hydrogen-bond acceptors (Lipinski definition) is 4. The molecule has 0 aliphatic rings. The lowest BCUT2D eigenvalue weighted by atomic mass is 10.0. The highest BCUT2D eigenvalue weighted by atomic mass is 35.5. The fourth-order valence-corrected chi connectivity index (χ4v) is 2.90. The van der Waals surface area contributed by atoms with E-state index in [9.17, 15) is 4.79 Å². The van der Waals surface area contributed by atoms with Crippen molar-refractivity contribution in [2.24, 2.45) is 0 Å². The van der Waals surface area contributed by atoms with Crippen LogP contribution >= 0.6 is 11.6 Å². The van der Waals surface area contributed by atoms with Crippen molar-refractivity contribution < 1.29 is 18.7 Å². The summed E-state index contributed by atoms with van der Waals surface area (Å²) >= 11 is 6.04. The molecule has 0 aliphatic carbocycles. The van der Waals surface area contributed by atoms with Crippen LogP contribution in [0.3, 0.4) is 0 Å². The fourth-order valence-electron chi connectivity index (χ4n) is 2.71. The van der Waals surface area contributed by atoms with Crippen LogP contribution in [0.25, 0.3) is 11.1 Å². The van der Waals surface area contributed by atoms with Crippen molar-refractivity contribution in [2.75, 3.05) is 14.2 Å². The molecule has 5 nitrogen and oxygen atoms in total. The van der Waals surface area contributed by atoms with Crippen molar-refractivity contribution in [1.82, 2.24) is 9.55 Å². The van der Waals surface area contributed by atoms with Crippen LogP contribution in [-0.4, -0.2) is 29.7 Å². The Bertz CT molecular complexity index is 957. The standard InChI is InChI=1S/C19H16ClFN2O3.C2H6/c1-25-16-7-6-13(10-23-11-22-9-15(23)19(24)26-2)18(21)17(16)12-4-3-5-14(20)8-12;1-2/h3-9,11H,10H2,1-2H3;1-2H3. The summed E-state index contributed by atoms with van der Waals surface area (Å²) in [6.07, 6.45) is 2.83. The van der Waals surface area contributed by atoms with Gasteiger partial charge in [-0.05, 0) is 23.8 Å². The van der Waals surface area contributed by atoms with Crippen molar-refractivity contribution in [3.05, 3.63) is 71.0 Å². The van der Waals surface area contributed by atoms with Gasteiger partial charge in [0.2, 0.25) is 0 Å². The van der Waals surface area contributed by atoms with Gasteiger partial charge in [-0.1, -0.05) is 43.6 Å². The highest BCUT2D eigenvalue weighted by molar-refractivity contribution is 6.30. The van der Waals surface area contributed by atoms with Crippen LogP contribution in [0.2, 0.25) is 5.02 Å². The van der Waals surface area contributed by atoms with Gasteiger partial charge in [-0.15, -0.1) is 0 Å². The number of nitrogens with zero attached hydrogens (tertiary/aromatic N) is 2. The van der Waals surface area contributed by atoms with Crippen LogP contribution in [-0.2, 0) is 11.3 Å². The van der Waals surface area contributed by atoms with Gasteiger partial charge in [-0.25, -0.2) is 14.2 Å². The number of benzene rings is 2. The number of methoxy groups -OCH3 is 2. The maximum Gasteiger partial charge on any atom is 0.356 e. The van der Waals surface area contributed by atoms with E-state index in [4.69, 9.17) is 21.1 Å². The first kappa shape index (κ1) is 21.4. The number of carbonyl (C=O) groups is 1. The van der Waals surface area contributed by atoms with Gasteiger partial charge in [0, 0.05) is 10.6 Å². The summed E-state index contributed by atoms with van der Waals surface area (Å²) in [5, 5.41) is 0.497. The summed E-state index contributed by atoms with van der Waals surface area (Å²) in [4.78, 5) is 15.7. The largest absolute Gasteiger partial charge is 0.496 e. The number of ether oxygens (including phenoxy) is 2. The van der Waals surface area contributed by atoms with Crippen LogP contribution in [0.4, 0.5) is 4.39 Å². The van der Waals surface area contributed by atoms with E-state index in [0.717, 1.165) is 0 Å². The smallest absolute Gasteiger partial charge is 0.356 e. The number of carbonyl (C=O) groups excluding carboxylic acids is 1. The lowest BCUT2D eigenvalue weighted by molar-refractivity contribution is 0.0589. The molecule has 1 heterocycles. The number of esters is 1. The lowest BCUT2D eigenvalue weighted by Gasteiger charge is -2.14. The topological polar surface area (TPSA) is 53.3 Å². The summed E-state index contributed by atoms with van der Waals surface area (Å²) in [5.74, 6) is -0.588. The average Bonchev–Trinajstić information content (AvgIpc) is 3.18. The van der Waals surface area contributed by atoms with E-state index in [1.165, 1.54) is 31.3 Å². The van der Waals surface area contributed by atoms with Gasteiger partial charge < -0.3 is 14.0 Å². The third kappa shape index (κ3) is 4.51. The molecule has 7 heteroatoms. The molecule has 0 unspecified atom stereocenters. The normalized spacial score (nSPS) is 10.1. The van der Waals surface area contributed by atoms with Gasteiger partial charge >= 0.3 is 5.97 Å². The lowest BCUT2D eigenvalue weighted by Crippen LogP contribution is -2.12. The molecule has 3 rings (SSSR count). The maximum atomic E-state index is 15.3. The molecular weight excluding hydrogens is 383 g/mol. The number of halogens is 2. The van der Waals surface area contributed by atoms with Crippen molar-refractivity contribution in [1.29, 1.82) is 0 Å². The molecule has 0 aliphatic heterocycles. The SMILES string of the molecule is CC.COC(=O)c1cncn1Cc1ccc(OC)c(-c2cccc(Cl)c2)c1F. The monoisotopic (exact) mass is 404 g/mol. The van der Waals surface area contributed by atoms with Crippen LogP contribution in [0.5, 0.6) is 5.75 Å². The Morgan fingerprint density at radius 1 is 1.21 bits per heavy atom. The highest BCUT2D eigenvalue weighted by Crippen LogP contribution is 2.35. The minimum Gasteiger partial charge on any atom is -0.496 e. The number of imidazole rings is 1. The van der Waals surface area contributed by atoms with Crippen LogP contribution in [0, 0.1) is 5.82 Å². The van der Waals surface area contributed by atoms with E-state index in [2.05, 4.69) is 4.98 Å². The molecule has 0 bridgehead atoms. The first-order valence-electron chi connectivity index (χ1n) is 8.75. The molecule has 2 aromatic carbocycles. The van der Waals surface area contributed by atoms with E-state index in [1.54, 1.807) is 36.4 Å². The Morgan fingerprint density at radius 2 is 1.96 bits per heavy atom. The van der Waals surface area contributed by atoms with E-state index >= 15 is 4.39 Å². The zero-order valence-electron chi connectivity index (χ0n) is 16.2. The third-order valence-electron chi connectivity index (χ3n) is 3.96. The van der Waals surface area contributed by atoms with Crippen LogP contribution in [0.1, 0.15) is 29.9 Å². The van der Waals surface area contributed by atoms with Crippen molar-refractivity contribution in [3.8, 4) is 16.9 Å². The Kier molecular flexibility index (Phi) is 7.58. The zero-order chi connectivity index (χ0) is 20.7. The molecule has 3 aromatic rings. The van der Waals surface area contributed by atoms with Gasteiger partial charge in [-0.3, -0.25) is 0 Å². The molecule has 0 saturated carbocycles. The molecular formula is C21H22ClFN2O3. The quantitative estimate of drug-likeness (QED) is 0.547. The van der Waals surface area contributed by atoms with Crippen molar-refractivity contribution in [3.63, 3.8) is 0 Å². The minimum absolute atomic E-state index is 0.119. The van der Waals surface area contributed by atoms with Gasteiger partial charge in [0.25, 0.3) is 0 Å². The Hall–Kier alpha value is -2.86. The first-order chi connectivity index (χ1) is 13.5. The molecule has 0 atom stereocenters. The van der Waals surface area contributed by atoms with E-state index < -0.39 is 11.8 Å². The molecule has 0 N–H and O–H groups in total. The highest BCUT2D eigenvalue weighted by Gasteiger charge is 2.19. The summed E-state index contributed by atoms with van der Waals surface area (Å²) < 4.78 is 26.8. The van der Waals surface area contributed by atoms with Gasteiger partial charge in [-0.2, -0.15) is 0 Å². The molecule has 0 fully saturated rings. The van der Waals surface area contributed by atoms with Crippen molar-refractivity contribution >= 4 is 17.6 Å². The fraction of sp³-hybridized carbons (Fsp3) is 0.238. The molecule has 0 radical (unpaired) electrons. The van der Waals surface area contributed by atoms with Gasteiger partial charge in [0.1, 0.15) is 17.3 Å². The molecule has 148 valence electrons. The summed E-state index contributed by atoms with van der Waals surface area (Å²) in [7, 11) is 2.76. The predicted molar refractivity (Wildman–Crippen MR) is 107 cm³/mol. The van der Waals surface area contributed by atoms with E-state index in [0.29, 0.717) is 27.5 Å². The second-order valence-corrected chi connectivity index (χ2v) is 5.96. The maximum absolute atomic E-state index is 15.3. The number of hydrogen-bond donors (Lipinski definition) is 0. The second-order valence-electron chi connectivity index (χ2n) is 5.52. The summed E-state index contributed by atoms with van der Waals surface area (Å²) in [6.45, 7) is 4.12. The van der Waals surface area contributed by atoms with E-state index in [-0.39, 0.29) is 12.2 Å². The van der Waals surface area contributed by atoms with Gasteiger partial charge in [0.15, 0.2) is 0 Å². The predicted octanol–water partition coefficient (Wildman–Crippen LogP) is 5.21. The zero-order valence-corrected chi connectivity index (χ0v) is 17.0. The molecule has 0 saturated heterocycles. The molecule has 1 aromatic heterocycles. The molecule has 0 spiro atoms. The van der Waals surface area contributed by atoms with Gasteiger partial charge in [0.05, 0.1) is 38.9 Å². The molecule has 0 amide bonds. The van der Waals surface area contributed by atoms with Crippen LogP contribution in [0.15, 0.2) is 48.9 Å². The average molecular weight is 405 g/mol. The molecule has 28 heavy (non-hydrogen) atoms.